The van der Waals surface area contributed by atoms with Crippen LogP contribution in [0.15, 0.2) is 0 Å². The largest absolute Gasteiger partial charge is 0.397 e. The third kappa shape index (κ3) is 9.56. The van der Waals surface area contributed by atoms with Gasteiger partial charge in [-0.1, -0.05) is 46.5 Å². The number of hydrogen-bond acceptors (Lipinski definition) is 3. The molecule has 0 rings (SSSR count). The van der Waals surface area contributed by atoms with Crippen molar-refractivity contribution < 1.29 is 17.2 Å². The third-order valence-corrected chi connectivity index (χ3v) is 3.67. The van der Waals surface area contributed by atoms with Crippen LogP contribution < -0.4 is 0 Å². The molecule has 4 nitrogen and oxygen atoms in total. The molecule has 104 valence electrons. The van der Waals surface area contributed by atoms with E-state index in [1.165, 1.54) is 19.3 Å². The lowest BCUT2D eigenvalue weighted by molar-refractivity contribution is 0.158. The molecule has 0 heterocycles. The molecule has 1 N–H and O–H groups in total. The second kappa shape index (κ2) is 8.89. The minimum Gasteiger partial charge on any atom is -0.264 e. The quantitative estimate of drug-likeness (QED) is 0.614. The Hall–Kier alpha value is -0.130. The first-order chi connectivity index (χ1) is 7.92. The van der Waals surface area contributed by atoms with E-state index in [4.69, 9.17) is 4.55 Å². The summed E-state index contributed by atoms with van der Waals surface area (Å²) < 4.78 is 34.5. The molecular weight excluding hydrogens is 240 g/mol. The van der Waals surface area contributed by atoms with E-state index >= 15 is 0 Å². The maximum Gasteiger partial charge on any atom is 0.397 e. The van der Waals surface area contributed by atoms with Gasteiger partial charge in [-0.15, -0.1) is 0 Å². The first kappa shape index (κ1) is 16.9. The van der Waals surface area contributed by atoms with Gasteiger partial charge in [0, 0.05) is 0 Å². The van der Waals surface area contributed by atoms with Crippen LogP contribution in [-0.4, -0.2) is 19.1 Å². The molecule has 0 fully saturated rings. The maximum absolute atomic E-state index is 10.6. The van der Waals surface area contributed by atoms with Crippen molar-refractivity contribution >= 4 is 10.4 Å². The lowest BCUT2D eigenvalue weighted by Crippen LogP contribution is -2.18. The number of unbranched alkanes of at least 4 members (excludes halogenated alkanes) is 1. The molecule has 2 atom stereocenters. The van der Waals surface area contributed by atoms with Gasteiger partial charge in [0.2, 0.25) is 0 Å². The molecular formula is C12H26O4S. The first-order valence-electron chi connectivity index (χ1n) is 6.58. The molecule has 17 heavy (non-hydrogen) atoms. The Kier molecular flexibility index (Phi) is 8.82. The van der Waals surface area contributed by atoms with Crippen molar-refractivity contribution in [2.45, 2.75) is 71.8 Å². The van der Waals surface area contributed by atoms with Crippen molar-refractivity contribution in [1.82, 2.24) is 0 Å². The van der Waals surface area contributed by atoms with Crippen LogP contribution in [0.4, 0.5) is 0 Å². The van der Waals surface area contributed by atoms with Crippen LogP contribution in [0.2, 0.25) is 0 Å². The van der Waals surface area contributed by atoms with Crippen LogP contribution in [0.25, 0.3) is 0 Å². The Balaban J connectivity index is 4.02. The highest BCUT2D eigenvalue weighted by Gasteiger charge is 2.17. The summed E-state index contributed by atoms with van der Waals surface area (Å²) in [6, 6.07) is 0. The van der Waals surface area contributed by atoms with Crippen LogP contribution in [0, 0.1) is 5.92 Å². The predicted octanol–water partition coefficient (Wildman–Crippen LogP) is 3.58. The van der Waals surface area contributed by atoms with Gasteiger partial charge in [0.1, 0.15) is 0 Å². The molecule has 0 aliphatic carbocycles. The van der Waals surface area contributed by atoms with Gasteiger partial charge in [-0.25, -0.2) is 4.18 Å². The van der Waals surface area contributed by atoms with E-state index in [2.05, 4.69) is 18.0 Å². The summed E-state index contributed by atoms with van der Waals surface area (Å²) in [5, 5.41) is 0. The Bertz CT molecular complexity index is 274. The predicted molar refractivity (Wildman–Crippen MR) is 69.3 cm³/mol. The van der Waals surface area contributed by atoms with Gasteiger partial charge in [-0.3, -0.25) is 4.55 Å². The van der Waals surface area contributed by atoms with Gasteiger partial charge >= 0.3 is 10.4 Å². The van der Waals surface area contributed by atoms with Gasteiger partial charge in [-0.05, 0) is 25.2 Å². The van der Waals surface area contributed by atoms with Gasteiger partial charge in [-0.2, -0.15) is 8.42 Å². The highest BCUT2D eigenvalue weighted by molar-refractivity contribution is 7.80. The molecule has 0 spiro atoms. The van der Waals surface area contributed by atoms with E-state index in [1.54, 1.807) is 0 Å². The fraction of sp³-hybridized carbons (Fsp3) is 1.00. The van der Waals surface area contributed by atoms with E-state index < -0.39 is 10.4 Å². The Morgan fingerprint density at radius 2 is 1.71 bits per heavy atom. The van der Waals surface area contributed by atoms with Gasteiger partial charge < -0.3 is 0 Å². The van der Waals surface area contributed by atoms with Crippen LogP contribution in [-0.2, 0) is 14.6 Å². The summed E-state index contributed by atoms with van der Waals surface area (Å²) in [7, 11) is -4.31. The van der Waals surface area contributed by atoms with E-state index in [1.807, 2.05) is 6.92 Å². The maximum atomic E-state index is 10.6. The zero-order valence-electron chi connectivity index (χ0n) is 11.2. The average Bonchev–Trinajstić information content (AvgIpc) is 2.26. The van der Waals surface area contributed by atoms with Crippen molar-refractivity contribution in [3.8, 4) is 0 Å². The Morgan fingerprint density at radius 3 is 2.12 bits per heavy atom. The monoisotopic (exact) mass is 266 g/mol. The van der Waals surface area contributed by atoms with E-state index in [0.717, 1.165) is 12.8 Å². The molecule has 0 saturated heterocycles. The fourth-order valence-electron chi connectivity index (χ4n) is 1.96. The molecule has 2 unspecified atom stereocenters. The standard InChI is InChI=1S/C12H26O4S/c1-4-7-8-11(5-2)9-10-12(6-3)16-17(13,14)15/h11-12H,4-10H2,1-3H3,(H,13,14,15). The molecule has 0 amide bonds. The van der Waals surface area contributed by atoms with Crippen LogP contribution >= 0.6 is 0 Å². The van der Waals surface area contributed by atoms with Crippen molar-refractivity contribution in [3.05, 3.63) is 0 Å². The minimum atomic E-state index is -4.31. The highest BCUT2D eigenvalue weighted by atomic mass is 32.3. The molecule has 5 heteroatoms. The third-order valence-electron chi connectivity index (χ3n) is 3.15. The van der Waals surface area contributed by atoms with Gasteiger partial charge in [0.15, 0.2) is 0 Å². The van der Waals surface area contributed by atoms with Crippen molar-refractivity contribution in [3.63, 3.8) is 0 Å². The van der Waals surface area contributed by atoms with Crippen molar-refractivity contribution in [2.75, 3.05) is 0 Å². The summed E-state index contributed by atoms with van der Waals surface area (Å²) >= 11 is 0. The first-order valence-corrected chi connectivity index (χ1v) is 7.95. The normalized spacial score (nSPS) is 15.8. The highest BCUT2D eigenvalue weighted by Crippen LogP contribution is 2.21. The molecule has 0 aromatic carbocycles. The lowest BCUT2D eigenvalue weighted by Gasteiger charge is -2.18. The summed E-state index contributed by atoms with van der Waals surface area (Å²) in [4.78, 5) is 0. The molecule has 0 aliphatic rings. The second-order valence-electron chi connectivity index (χ2n) is 4.55. The van der Waals surface area contributed by atoms with Crippen LogP contribution in [0.3, 0.4) is 0 Å². The fourth-order valence-corrected chi connectivity index (χ4v) is 2.54. The SMILES string of the molecule is CCCCC(CC)CCC(CC)OS(=O)(=O)O. The molecule has 0 aromatic heterocycles. The van der Waals surface area contributed by atoms with E-state index in [0.29, 0.717) is 18.8 Å². The smallest absolute Gasteiger partial charge is 0.264 e. The molecule has 0 aromatic rings. The number of hydrogen-bond donors (Lipinski definition) is 1. The number of rotatable bonds is 10. The topological polar surface area (TPSA) is 63.6 Å². The average molecular weight is 266 g/mol. The summed E-state index contributed by atoms with van der Waals surface area (Å²) in [5.74, 6) is 0.633. The van der Waals surface area contributed by atoms with Crippen LogP contribution in [0.5, 0.6) is 0 Å². The van der Waals surface area contributed by atoms with Gasteiger partial charge in [0.25, 0.3) is 0 Å². The molecule has 0 radical (unpaired) electrons. The summed E-state index contributed by atoms with van der Waals surface area (Å²) in [6.45, 7) is 6.19. The molecule has 0 saturated carbocycles. The van der Waals surface area contributed by atoms with Crippen molar-refractivity contribution in [2.24, 2.45) is 5.92 Å². The Morgan fingerprint density at radius 1 is 1.06 bits per heavy atom. The molecule has 0 aliphatic heterocycles. The van der Waals surface area contributed by atoms with E-state index in [-0.39, 0.29) is 6.10 Å². The molecule has 0 bridgehead atoms. The lowest BCUT2D eigenvalue weighted by atomic mass is 9.93. The minimum absolute atomic E-state index is 0.388. The Labute approximate surface area is 106 Å². The van der Waals surface area contributed by atoms with Gasteiger partial charge in [0.05, 0.1) is 6.10 Å². The summed E-state index contributed by atoms with van der Waals surface area (Å²) in [6.07, 6.45) is 6.58. The zero-order chi connectivity index (χ0) is 13.3. The zero-order valence-corrected chi connectivity index (χ0v) is 12.0. The van der Waals surface area contributed by atoms with Crippen molar-refractivity contribution in [1.29, 1.82) is 0 Å². The second-order valence-corrected chi connectivity index (χ2v) is 5.60. The van der Waals surface area contributed by atoms with Crippen LogP contribution in [0.1, 0.15) is 65.7 Å². The van der Waals surface area contributed by atoms with E-state index in [9.17, 15) is 8.42 Å². The summed E-state index contributed by atoms with van der Waals surface area (Å²) in [5.41, 5.74) is 0.